The number of benzene rings is 1. The number of allylic oxidation sites excluding steroid dienone is 1. The molecule has 1 N–H and O–H groups in total. The number of rotatable bonds is 8. The zero-order chi connectivity index (χ0) is 18.4. The molecule has 2 heterocycles. The highest BCUT2D eigenvalue weighted by Gasteiger charge is 2.15. The average molecular weight is 376 g/mol. The van der Waals surface area contributed by atoms with Crippen LogP contribution >= 0.6 is 11.8 Å². The summed E-state index contributed by atoms with van der Waals surface area (Å²) in [5.74, 6) is 2.08. The number of fused-ring (bicyclic) bond motifs is 1. The number of hydrogen-bond acceptors (Lipinski definition) is 7. The molecule has 0 radical (unpaired) electrons. The first-order valence-corrected chi connectivity index (χ1v) is 9.04. The lowest BCUT2D eigenvalue weighted by Crippen LogP contribution is -2.17. The van der Waals surface area contributed by atoms with E-state index in [9.17, 15) is 4.79 Å². The summed E-state index contributed by atoms with van der Waals surface area (Å²) in [5, 5.41) is 11.7. The van der Waals surface area contributed by atoms with Gasteiger partial charge in [-0.3, -0.25) is 4.79 Å². The van der Waals surface area contributed by atoms with Crippen LogP contribution in [0.4, 0.5) is 5.69 Å². The van der Waals surface area contributed by atoms with E-state index >= 15 is 0 Å². The van der Waals surface area contributed by atoms with Crippen molar-refractivity contribution < 1.29 is 19.0 Å². The van der Waals surface area contributed by atoms with Gasteiger partial charge in [0.1, 0.15) is 19.8 Å². The van der Waals surface area contributed by atoms with Crippen LogP contribution in [0.25, 0.3) is 0 Å². The van der Waals surface area contributed by atoms with Crippen LogP contribution in [-0.4, -0.2) is 46.7 Å². The van der Waals surface area contributed by atoms with E-state index in [1.165, 1.54) is 11.8 Å². The summed E-state index contributed by atoms with van der Waals surface area (Å²) < 4.78 is 18.0. The fourth-order valence-electron chi connectivity index (χ4n) is 2.42. The second-order valence-corrected chi connectivity index (χ2v) is 6.37. The van der Waals surface area contributed by atoms with Crippen molar-refractivity contribution in [3.05, 3.63) is 36.7 Å². The van der Waals surface area contributed by atoms with E-state index in [0.717, 1.165) is 0 Å². The Morgan fingerprint density at radius 3 is 2.96 bits per heavy atom. The predicted octanol–water partition coefficient (Wildman–Crippen LogP) is 2.11. The smallest absolute Gasteiger partial charge is 0.234 e. The molecule has 0 fully saturated rings. The first kappa shape index (κ1) is 18.3. The number of methoxy groups -OCH3 is 1. The Labute approximate surface area is 155 Å². The molecule has 26 heavy (non-hydrogen) atoms. The van der Waals surface area contributed by atoms with Crippen LogP contribution < -0.4 is 14.8 Å². The van der Waals surface area contributed by atoms with Crippen molar-refractivity contribution in [2.45, 2.75) is 18.3 Å². The zero-order valence-electron chi connectivity index (χ0n) is 14.4. The lowest BCUT2D eigenvalue weighted by atomic mass is 10.2. The molecule has 2 aromatic rings. The van der Waals surface area contributed by atoms with Crippen molar-refractivity contribution >= 4 is 23.4 Å². The van der Waals surface area contributed by atoms with Gasteiger partial charge in [-0.15, -0.1) is 16.8 Å². The molecule has 1 aliphatic heterocycles. The van der Waals surface area contributed by atoms with Crippen molar-refractivity contribution in [2.75, 3.05) is 31.4 Å². The van der Waals surface area contributed by atoms with Gasteiger partial charge in [0.25, 0.3) is 0 Å². The summed E-state index contributed by atoms with van der Waals surface area (Å²) in [5.41, 5.74) is 0.660. The van der Waals surface area contributed by atoms with E-state index in [-0.39, 0.29) is 11.7 Å². The topological polar surface area (TPSA) is 87.5 Å². The van der Waals surface area contributed by atoms with Crippen molar-refractivity contribution in [3.8, 4) is 11.5 Å². The molecule has 1 aromatic carbocycles. The Bertz CT molecular complexity index is 793. The lowest BCUT2D eigenvalue weighted by molar-refractivity contribution is -0.113. The first-order valence-electron chi connectivity index (χ1n) is 8.05. The van der Waals surface area contributed by atoms with Crippen molar-refractivity contribution in [1.29, 1.82) is 0 Å². The summed E-state index contributed by atoms with van der Waals surface area (Å²) in [6.45, 7) is 5.68. The maximum Gasteiger partial charge on any atom is 0.234 e. The Hall–Kier alpha value is -2.52. The number of nitrogens with zero attached hydrogens (tertiary/aromatic N) is 3. The second kappa shape index (κ2) is 8.72. The lowest BCUT2D eigenvalue weighted by Gasteiger charge is -2.19. The Balaban J connectivity index is 1.60. The molecule has 0 aliphatic carbocycles. The minimum Gasteiger partial charge on any atom is -0.486 e. The van der Waals surface area contributed by atoms with Crippen LogP contribution in [0.2, 0.25) is 0 Å². The zero-order valence-corrected chi connectivity index (χ0v) is 15.3. The molecule has 1 aromatic heterocycles. The average Bonchev–Trinajstić information content (AvgIpc) is 3.02. The monoisotopic (exact) mass is 376 g/mol. The fraction of sp³-hybridized carbons (Fsp3) is 0.353. The van der Waals surface area contributed by atoms with E-state index in [2.05, 4.69) is 22.1 Å². The molecular weight excluding hydrogens is 356 g/mol. The summed E-state index contributed by atoms with van der Waals surface area (Å²) in [6.07, 6.45) is 1.75. The predicted molar refractivity (Wildman–Crippen MR) is 97.7 cm³/mol. The third-order valence-corrected chi connectivity index (χ3v) is 4.50. The number of thioether (sulfide) groups is 1. The number of amides is 1. The molecule has 0 atom stereocenters. The molecule has 3 rings (SSSR count). The number of aromatic nitrogens is 3. The van der Waals surface area contributed by atoms with Crippen LogP contribution in [0.15, 0.2) is 36.0 Å². The van der Waals surface area contributed by atoms with Gasteiger partial charge in [-0.1, -0.05) is 17.8 Å². The highest BCUT2D eigenvalue weighted by molar-refractivity contribution is 7.99. The molecule has 0 bridgehead atoms. The SMILES string of the molecule is C=CCn1c(COC)nnc1SCC(=O)Nc1ccc2c(c1)OCCO2. The third-order valence-electron chi connectivity index (χ3n) is 3.54. The van der Waals surface area contributed by atoms with E-state index in [4.69, 9.17) is 14.2 Å². The molecular formula is C17H20N4O4S. The van der Waals surface area contributed by atoms with Gasteiger partial charge < -0.3 is 24.1 Å². The van der Waals surface area contributed by atoms with Gasteiger partial charge in [-0.05, 0) is 12.1 Å². The normalized spacial score (nSPS) is 12.7. The Kier molecular flexibility index (Phi) is 6.13. The van der Waals surface area contributed by atoms with Gasteiger partial charge in [-0.2, -0.15) is 0 Å². The van der Waals surface area contributed by atoms with E-state index in [1.807, 2.05) is 4.57 Å². The van der Waals surface area contributed by atoms with E-state index in [1.54, 1.807) is 31.4 Å². The molecule has 0 spiro atoms. The number of nitrogens with one attached hydrogen (secondary N) is 1. The summed E-state index contributed by atoms with van der Waals surface area (Å²) in [4.78, 5) is 12.2. The maximum absolute atomic E-state index is 12.2. The summed E-state index contributed by atoms with van der Waals surface area (Å²) >= 11 is 1.31. The number of hydrogen-bond donors (Lipinski definition) is 1. The van der Waals surface area contributed by atoms with Gasteiger partial charge >= 0.3 is 0 Å². The molecule has 0 saturated heterocycles. The van der Waals surface area contributed by atoms with Crippen molar-refractivity contribution in [3.63, 3.8) is 0 Å². The number of anilines is 1. The number of carbonyl (C=O) groups is 1. The summed E-state index contributed by atoms with van der Waals surface area (Å²) in [7, 11) is 1.60. The van der Waals surface area contributed by atoms with Crippen LogP contribution in [0.5, 0.6) is 11.5 Å². The second-order valence-electron chi connectivity index (χ2n) is 5.43. The summed E-state index contributed by atoms with van der Waals surface area (Å²) in [6, 6.07) is 5.33. The highest BCUT2D eigenvalue weighted by Crippen LogP contribution is 2.32. The number of ether oxygens (including phenoxy) is 3. The van der Waals surface area contributed by atoms with Crippen LogP contribution in [0, 0.1) is 0 Å². The molecule has 9 heteroatoms. The largest absolute Gasteiger partial charge is 0.486 e. The fourth-order valence-corrected chi connectivity index (χ4v) is 3.19. The van der Waals surface area contributed by atoms with Gasteiger partial charge in [-0.25, -0.2) is 0 Å². The Morgan fingerprint density at radius 1 is 1.38 bits per heavy atom. The van der Waals surface area contributed by atoms with Crippen molar-refractivity contribution in [2.24, 2.45) is 0 Å². The van der Waals surface area contributed by atoms with Gasteiger partial charge in [0.15, 0.2) is 22.5 Å². The third kappa shape index (κ3) is 4.36. The Morgan fingerprint density at radius 2 is 2.19 bits per heavy atom. The minimum atomic E-state index is -0.145. The van der Waals surface area contributed by atoms with Gasteiger partial charge in [0.05, 0.1) is 5.75 Å². The first-order chi connectivity index (χ1) is 12.7. The minimum absolute atomic E-state index is 0.145. The molecule has 138 valence electrons. The molecule has 0 saturated carbocycles. The highest BCUT2D eigenvalue weighted by atomic mass is 32.2. The van der Waals surface area contributed by atoms with Crippen LogP contribution in [-0.2, 0) is 22.7 Å². The van der Waals surface area contributed by atoms with E-state index in [0.29, 0.717) is 54.5 Å². The molecule has 1 amide bonds. The molecule has 0 unspecified atom stereocenters. The quantitative estimate of drug-likeness (QED) is 0.558. The van der Waals surface area contributed by atoms with E-state index < -0.39 is 0 Å². The molecule has 1 aliphatic rings. The van der Waals surface area contributed by atoms with Crippen molar-refractivity contribution in [1.82, 2.24) is 14.8 Å². The van der Waals surface area contributed by atoms with Crippen LogP contribution in [0.1, 0.15) is 5.82 Å². The maximum atomic E-state index is 12.2. The number of carbonyl (C=O) groups excluding carboxylic acids is 1. The van der Waals surface area contributed by atoms with Gasteiger partial charge in [0.2, 0.25) is 5.91 Å². The van der Waals surface area contributed by atoms with Crippen LogP contribution in [0.3, 0.4) is 0 Å². The standard InChI is InChI=1S/C17H20N4O4S/c1-3-6-21-15(10-23-2)19-20-17(21)26-11-16(22)18-12-4-5-13-14(9-12)25-8-7-24-13/h3-5,9H,1,6-8,10-11H2,2H3,(H,18,22). The molecule has 8 nitrogen and oxygen atoms in total. The van der Waals surface area contributed by atoms with Gasteiger partial charge in [0, 0.05) is 25.4 Å².